The van der Waals surface area contributed by atoms with Gasteiger partial charge < -0.3 is 25.2 Å². The van der Waals surface area contributed by atoms with Crippen LogP contribution < -0.4 is 10.1 Å². The molecule has 1 aromatic carbocycles. The van der Waals surface area contributed by atoms with Crippen LogP contribution >= 0.6 is 0 Å². The summed E-state index contributed by atoms with van der Waals surface area (Å²) in [5.41, 5.74) is 1.36. The Balaban J connectivity index is 1.75. The van der Waals surface area contributed by atoms with E-state index in [9.17, 15) is 19.8 Å². The largest absolute Gasteiger partial charge is 0.486 e. The first-order valence-electron chi connectivity index (χ1n) is 12.3. The maximum atomic E-state index is 13.5. The summed E-state index contributed by atoms with van der Waals surface area (Å²) in [6, 6.07) is 6.94. The van der Waals surface area contributed by atoms with E-state index in [0.29, 0.717) is 17.7 Å². The van der Waals surface area contributed by atoms with Crippen LogP contribution in [0.5, 0.6) is 5.75 Å². The molecule has 2 aliphatic carbocycles. The minimum Gasteiger partial charge on any atom is -0.486 e. The molecular formula is C26H36N2O5. The van der Waals surface area contributed by atoms with Crippen LogP contribution in [0.1, 0.15) is 63.9 Å². The monoisotopic (exact) mass is 456 g/mol. The topological polar surface area (TPSA) is 99.1 Å². The normalized spacial score (nSPS) is 26.8. The molecule has 4 unspecified atom stereocenters. The number of benzene rings is 1. The van der Waals surface area contributed by atoms with E-state index < -0.39 is 24.2 Å². The number of fused-ring (bicyclic) bond motifs is 3. The van der Waals surface area contributed by atoms with Gasteiger partial charge in [-0.1, -0.05) is 51.3 Å². The summed E-state index contributed by atoms with van der Waals surface area (Å²) in [6.45, 7) is 4.02. The molecule has 0 aromatic heterocycles. The molecule has 0 radical (unpaired) electrons. The number of carbonyl (C=O) groups excluding carboxylic acids is 2. The average molecular weight is 457 g/mol. The SMILES string of the molecule is CC(C)CC(=O)N(C1CCCCC1)C1C=C(C(=O)NCCO)C2c3ccccc3OC2C1O. The van der Waals surface area contributed by atoms with Crippen molar-refractivity contribution in [3.63, 3.8) is 0 Å². The first kappa shape index (κ1) is 23.8. The molecule has 1 heterocycles. The first-order chi connectivity index (χ1) is 15.9. The van der Waals surface area contributed by atoms with Crippen LogP contribution in [-0.4, -0.2) is 64.4 Å². The molecule has 0 bridgehead atoms. The Morgan fingerprint density at radius 3 is 2.61 bits per heavy atom. The molecule has 4 rings (SSSR count). The van der Waals surface area contributed by atoms with Crippen LogP contribution in [0.15, 0.2) is 35.9 Å². The third-order valence-electron chi connectivity index (χ3n) is 7.04. The number of aliphatic hydroxyl groups excluding tert-OH is 2. The number of carbonyl (C=O) groups is 2. The van der Waals surface area contributed by atoms with Crippen molar-refractivity contribution in [2.24, 2.45) is 5.92 Å². The Bertz CT molecular complexity index is 892. The smallest absolute Gasteiger partial charge is 0.247 e. The predicted molar refractivity (Wildman–Crippen MR) is 125 cm³/mol. The van der Waals surface area contributed by atoms with E-state index in [4.69, 9.17) is 4.74 Å². The third-order valence-corrected chi connectivity index (χ3v) is 7.04. The number of hydrogen-bond donors (Lipinski definition) is 3. The van der Waals surface area contributed by atoms with Gasteiger partial charge in [0.15, 0.2) is 0 Å². The summed E-state index contributed by atoms with van der Waals surface area (Å²) in [5.74, 6) is 0.156. The Morgan fingerprint density at radius 1 is 1.18 bits per heavy atom. The van der Waals surface area contributed by atoms with Crippen molar-refractivity contribution < 1.29 is 24.5 Å². The Hall–Kier alpha value is -2.38. The number of rotatable bonds is 7. The van der Waals surface area contributed by atoms with Crippen LogP contribution in [0.3, 0.4) is 0 Å². The molecule has 3 aliphatic rings. The zero-order valence-electron chi connectivity index (χ0n) is 19.6. The van der Waals surface area contributed by atoms with Crippen molar-refractivity contribution in [2.45, 2.75) is 82.6 Å². The lowest BCUT2D eigenvalue weighted by Crippen LogP contribution is -2.58. The second-order valence-corrected chi connectivity index (χ2v) is 9.87. The number of nitrogens with zero attached hydrogens (tertiary/aromatic N) is 1. The molecule has 7 nitrogen and oxygen atoms in total. The number of aliphatic hydroxyl groups is 2. The van der Waals surface area contributed by atoms with Gasteiger partial charge >= 0.3 is 0 Å². The van der Waals surface area contributed by atoms with Gasteiger partial charge in [-0.25, -0.2) is 0 Å². The molecule has 4 atom stereocenters. The van der Waals surface area contributed by atoms with Crippen LogP contribution in [0.2, 0.25) is 0 Å². The van der Waals surface area contributed by atoms with Gasteiger partial charge in [0.2, 0.25) is 11.8 Å². The third kappa shape index (κ3) is 4.80. The van der Waals surface area contributed by atoms with Crippen molar-refractivity contribution in [1.29, 1.82) is 0 Å². The van der Waals surface area contributed by atoms with Crippen molar-refractivity contribution in [1.82, 2.24) is 10.2 Å². The molecule has 1 aliphatic heterocycles. The van der Waals surface area contributed by atoms with E-state index in [1.165, 1.54) is 0 Å². The van der Waals surface area contributed by atoms with Crippen LogP contribution in [0.25, 0.3) is 0 Å². The minimum absolute atomic E-state index is 0.0151. The lowest BCUT2D eigenvalue weighted by atomic mass is 9.76. The molecule has 180 valence electrons. The average Bonchev–Trinajstić information content (AvgIpc) is 3.19. The van der Waals surface area contributed by atoms with Gasteiger partial charge in [0.1, 0.15) is 18.0 Å². The highest BCUT2D eigenvalue weighted by atomic mass is 16.5. The van der Waals surface area contributed by atoms with Crippen LogP contribution in [0.4, 0.5) is 0 Å². The number of ether oxygens (including phenoxy) is 1. The van der Waals surface area contributed by atoms with Gasteiger partial charge in [-0.2, -0.15) is 0 Å². The van der Waals surface area contributed by atoms with Crippen molar-refractivity contribution in [2.75, 3.05) is 13.2 Å². The zero-order valence-corrected chi connectivity index (χ0v) is 19.6. The van der Waals surface area contributed by atoms with Gasteiger partial charge in [-0.3, -0.25) is 9.59 Å². The second kappa shape index (κ2) is 10.3. The fourth-order valence-corrected chi connectivity index (χ4v) is 5.59. The summed E-state index contributed by atoms with van der Waals surface area (Å²) < 4.78 is 6.18. The molecule has 0 saturated heterocycles. The van der Waals surface area contributed by atoms with Gasteiger partial charge in [0.05, 0.1) is 18.6 Å². The summed E-state index contributed by atoms with van der Waals surface area (Å²) >= 11 is 0. The Labute approximate surface area is 195 Å². The van der Waals surface area contributed by atoms with Crippen LogP contribution in [-0.2, 0) is 9.59 Å². The quantitative estimate of drug-likeness (QED) is 0.586. The molecule has 7 heteroatoms. The summed E-state index contributed by atoms with van der Waals surface area (Å²) in [7, 11) is 0. The van der Waals surface area contributed by atoms with E-state index in [1.807, 2.05) is 43.0 Å². The van der Waals surface area contributed by atoms with Crippen molar-refractivity contribution in [3.05, 3.63) is 41.5 Å². The number of para-hydroxylation sites is 1. The molecule has 0 spiro atoms. The minimum atomic E-state index is -0.949. The maximum absolute atomic E-state index is 13.5. The highest BCUT2D eigenvalue weighted by molar-refractivity contribution is 5.96. The van der Waals surface area contributed by atoms with Crippen molar-refractivity contribution in [3.8, 4) is 5.75 Å². The molecule has 3 N–H and O–H groups in total. The molecule has 33 heavy (non-hydrogen) atoms. The highest BCUT2D eigenvalue weighted by Gasteiger charge is 2.51. The van der Waals surface area contributed by atoms with E-state index >= 15 is 0 Å². The van der Waals surface area contributed by atoms with Crippen LogP contribution in [0, 0.1) is 5.92 Å². The molecule has 1 saturated carbocycles. The Morgan fingerprint density at radius 2 is 1.91 bits per heavy atom. The lowest BCUT2D eigenvalue weighted by Gasteiger charge is -2.45. The zero-order chi connectivity index (χ0) is 23.5. The van der Waals surface area contributed by atoms with Gasteiger partial charge in [-0.15, -0.1) is 0 Å². The highest BCUT2D eigenvalue weighted by Crippen LogP contribution is 2.47. The predicted octanol–water partition coefficient (Wildman–Crippen LogP) is 2.52. The summed E-state index contributed by atoms with van der Waals surface area (Å²) in [5, 5.41) is 23.5. The molecule has 1 fully saturated rings. The Kier molecular flexibility index (Phi) is 7.39. The molecular weight excluding hydrogens is 420 g/mol. The van der Waals surface area contributed by atoms with Crippen molar-refractivity contribution >= 4 is 11.8 Å². The molecule has 1 aromatic rings. The fourth-order valence-electron chi connectivity index (χ4n) is 5.59. The molecule has 2 amide bonds. The van der Waals surface area contributed by atoms with E-state index in [2.05, 4.69) is 5.32 Å². The summed E-state index contributed by atoms with van der Waals surface area (Å²) in [6.07, 6.45) is 5.67. The summed E-state index contributed by atoms with van der Waals surface area (Å²) in [4.78, 5) is 28.5. The van der Waals surface area contributed by atoms with E-state index in [0.717, 1.165) is 37.7 Å². The van der Waals surface area contributed by atoms with Gasteiger partial charge in [0, 0.05) is 30.1 Å². The standard InChI is InChI=1S/C26H36N2O5/c1-16(2)14-22(30)28(17-8-4-3-5-9-17)20-15-19(26(32)27-12-13-29)23-18-10-6-7-11-21(18)33-25(23)24(20)31/h6-7,10-11,15-17,20,23-25,29,31H,3-5,8-9,12-14H2,1-2H3,(H,27,32). The van der Waals surface area contributed by atoms with E-state index in [1.54, 1.807) is 6.08 Å². The fraction of sp³-hybridized carbons (Fsp3) is 0.615. The maximum Gasteiger partial charge on any atom is 0.247 e. The number of amides is 2. The first-order valence-corrected chi connectivity index (χ1v) is 12.3. The van der Waals surface area contributed by atoms with Gasteiger partial charge in [0.25, 0.3) is 0 Å². The number of hydrogen-bond acceptors (Lipinski definition) is 5. The van der Waals surface area contributed by atoms with E-state index in [-0.39, 0.29) is 36.9 Å². The van der Waals surface area contributed by atoms with Gasteiger partial charge in [-0.05, 0) is 30.9 Å². The number of nitrogens with one attached hydrogen (secondary N) is 1. The second-order valence-electron chi connectivity index (χ2n) is 9.87. The lowest BCUT2D eigenvalue weighted by molar-refractivity contribution is -0.142.